The largest absolute Gasteiger partial charge is 0.486 e. The van der Waals surface area contributed by atoms with Crippen molar-refractivity contribution in [3.05, 3.63) is 45.9 Å². The number of alkyl halides is 3. The molecule has 0 bridgehead atoms. The van der Waals surface area contributed by atoms with E-state index in [0.29, 0.717) is 5.56 Å². The molecule has 2 N–H and O–H groups in total. The number of rotatable bonds is 3. The topological polar surface area (TPSA) is 76.7 Å². The molecule has 2 aromatic rings. The molecule has 28 heavy (non-hydrogen) atoms. The van der Waals surface area contributed by atoms with E-state index in [1.807, 2.05) is 6.92 Å². The highest BCUT2D eigenvalue weighted by atomic mass is 79.9. The molecule has 2 aromatic carbocycles. The van der Waals surface area contributed by atoms with E-state index in [4.69, 9.17) is 9.47 Å². The summed E-state index contributed by atoms with van der Waals surface area (Å²) in [7, 11) is 0. The number of hydrogen-bond acceptors (Lipinski definition) is 4. The Morgan fingerprint density at radius 3 is 2.46 bits per heavy atom. The smallest absolute Gasteiger partial charge is 0.471 e. The molecule has 0 saturated carbocycles. The molecule has 0 atom stereocenters. The van der Waals surface area contributed by atoms with Crippen LogP contribution >= 0.6 is 15.9 Å². The molecule has 0 aromatic heterocycles. The van der Waals surface area contributed by atoms with Gasteiger partial charge in [-0.1, -0.05) is 15.9 Å². The predicted molar refractivity (Wildman–Crippen MR) is 98.9 cm³/mol. The molecule has 2 amide bonds. The van der Waals surface area contributed by atoms with Crippen molar-refractivity contribution in [1.82, 2.24) is 0 Å². The quantitative estimate of drug-likeness (QED) is 0.719. The lowest BCUT2D eigenvalue weighted by atomic mass is 10.1. The van der Waals surface area contributed by atoms with Crippen molar-refractivity contribution in [3.8, 4) is 11.5 Å². The molecule has 3 rings (SSSR count). The van der Waals surface area contributed by atoms with Crippen molar-refractivity contribution in [3.63, 3.8) is 0 Å². The molecule has 6 nitrogen and oxygen atoms in total. The number of aryl methyl sites for hydroxylation is 1. The van der Waals surface area contributed by atoms with Gasteiger partial charge in [-0.05, 0) is 36.8 Å². The summed E-state index contributed by atoms with van der Waals surface area (Å²) in [6.45, 7) is 2.12. The maximum Gasteiger partial charge on any atom is 0.471 e. The summed E-state index contributed by atoms with van der Waals surface area (Å²) >= 11 is 3.34. The van der Waals surface area contributed by atoms with Crippen LogP contribution in [0.4, 0.5) is 24.5 Å². The van der Waals surface area contributed by atoms with Crippen LogP contribution in [-0.2, 0) is 4.79 Å². The predicted octanol–water partition coefficient (Wildman–Crippen LogP) is 4.28. The van der Waals surface area contributed by atoms with Crippen LogP contribution in [-0.4, -0.2) is 31.2 Å². The summed E-state index contributed by atoms with van der Waals surface area (Å²) in [6, 6.07) is 7.56. The lowest BCUT2D eigenvalue weighted by molar-refractivity contribution is -0.167. The van der Waals surface area contributed by atoms with Crippen molar-refractivity contribution < 1.29 is 32.2 Å². The first-order valence-corrected chi connectivity index (χ1v) is 8.84. The van der Waals surface area contributed by atoms with Crippen LogP contribution < -0.4 is 20.1 Å². The van der Waals surface area contributed by atoms with Crippen molar-refractivity contribution in [2.24, 2.45) is 0 Å². The fourth-order valence-corrected chi connectivity index (χ4v) is 2.75. The van der Waals surface area contributed by atoms with Crippen LogP contribution in [0, 0.1) is 6.92 Å². The SMILES string of the molecule is Cc1cc(C(=O)Nc2cc(NC(=O)C(F)(F)F)c3c(c2)OCCO3)ccc1Br. The van der Waals surface area contributed by atoms with Gasteiger partial charge >= 0.3 is 12.1 Å². The minimum absolute atomic E-state index is 0.0265. The molecular weight excluding hydrogens is 445 g/mol. The van der Waals surface area contributed by atoms with Crippen LogP contribution in [0.1, 0.15) is 15.9 Å². The van der Waals surface area contributed by atoms with Gasteiger partial charge in [0.1, 0.15) is 13.2 Å². The van der Waals surface area contributed by atoms with Crippen LogP contribution in [0.3, 0.4) is 0 Å². The van der Waals surface area contributed by atoms with E-state index in [1.54, 1.807) is 23.5 Å². The Morgan fingerprint density at radius 2 is 1.79 bits per heavy atom. The standard InChI is InChI=1S/C18H14BrF3N2O4/c1-9-6-10(2-3-12(9)19)16(25)23-11-7-13(24-17(26)18(20,21)22)15-14(8-11)27-4-5-28-15/h2-3,6-8H,4-5H2,1H3,(H,23,25)(H,24,26). The normalized spacial score (nSPS) is 13.0. The Labute approximate surface area is 166 Å². The zero-order chi connectivity index (χ0) is 20.5. The molecule has 0 unspecified atom stereocenters. The van der Waals surface area contributed by atoms with Crippen LogP contribution in [0.25, 0.3) is 0 Å². The third-order valence-corrected chi connectivity index (χ3v) is 4.72. The summed E-state index contributed by atoms with van der Waals surface area (Å²) in [6.07, 6.45) is -5.07. The van der Waals surface area contributed by atoms with Crippen molar-refractivity contribution in [2.75, 3.05) is 23.8 Å². The van der Waals surface area contributed by atoms with Gasteiger partial charge in [-0.25, -0.2) is 0 Å². The van der Waals surface area contributed by atoms with E-state index >= 15 is 0 Å². The van der Waals surface area contributed by atoms with Gasteiger partial charge in [0.15, 0.2) is 11.5 Å². The third kappa shape index (κ3) is 4.38. The van der Waals surface area contributed by atoms with Crippen molar-refractivity contribution in [1.29, 1.82) is 0 Å². The molecule has 0 aliphatic carbocycles. The highest BCUT2D eigenvalue weighted by Crippen LogP contribution is 2.41. The van der Waals surface area contributed by atoms with Crippen molar-refractivity contribution >= 4 is 39.1 Å². The number of halogens is 4. The van der Waals surface area contributed by atoms with E-state index in [2.05, 4.69) is 21.2 Å². The number of benzene rings is 2. The van der Waals surface area contributed by atoms with Gasteiger partial charge in [0.05, 0.1) is 5.69 Å². The molecular formula is C18H14BrF3N2O4. The van der Waals surface area contributed by atoms with Crippen LogP contribution in [0.2, 0.25) is 0 Å². The van der Waals surface area contributed by atoms with Gasteiger partial charge in [-0.2, -0.15) is 13.2 Å². The molecule has 148 valence electrons. The van der Waals surface area contributed by atoms with Gasteiger partial charge in [-0.3, -0.25) is 9.59 Å². The first-order valence-electron chi connectivity index (χ1n) is 8.04. The number of fused-ring (bicyclic) bond motifs is 1. The van der Waals surface area contributed by atoms with Gasteiger partial charge in [0, 0.05) is 21.8 Å². The number of amides is 2. The molecule has 0 fully saturated rings. The number of ether oxygens (including phenoxy) is 2. The summed E-state index contributed by atoms with van der Waals surface area (Å²) in [4.78, 5) is 23.8. The van der Waals surface area contributed by atoms with Gasteiger partial charge < -0.3 is 20.1 Å². The fraction of sp³-hybridized carbons (Fsp3) is 0.222. The number of anilines is 2. The number of nitrogens with one attached hydrogen (secondary N) is 2. The van der Waals surface area contributed by atoms with Crippen LogP contribution in [0.15, 0.2) is 34.8 Å². The van der Waals surface area contributed by atoms with Crippen molar-refractivity contribution in [2.45, 2.75) is 13.1 Å². The number of hydrogen-bond donors (Lipinski definition) is 2. The van der Waals surface area contributed by atoms with E-state index in [-0.39, 0.29) is 36.1 Å². The first kappa shape index (κ1) is 20.0. The Hall–Kier alpha value is -2.75. The second-order valence-electron chi connectivity index (χ2n) is 5.92. The second-order valence-corrected chi connectivity index (χ2v) is 6.77. The molecule has 0 radical (unpaired) electrons. The molecule has 0 saturated heterocycles. The Balaban J connectivity index is 1.90. The van der Waals surface area contributed by atoms with E-state index in [1.165, 1.54) is 12.1 Å². The number of carbonyl (C=O) groups excluding carboxylic acids is 2. The Kier molecular flexibility index (Phi) is 5.50. The second kappa shape index (κ2) is 7.70. The fourth-order valence-electron chi connectivity index (χ4n) is 2.50. The highest BCUT2D eigenvalue weighted by Gasteiger charge is 2.39. The molecule has 1 heterocycles. The van der Waals surface area contributed by atoms with Gasteiger partial charge in [-0.15, -0.1) is 0 Å². The third-order valence-electron chi connectivity index (χ3n) is 3.83. The first-order chi connectivity index (χ1) is 13.1. The summed E-state index contributed by atoms with van der Waals surface area (Å²) in [5.41, 5.74) is 1.10. The molecule has 0 spiro atoms. The zero-order valence-corrected chi connectivity index (χ0v) is 16.0. The lowest BCUT2D eigenvalue weighted by Gasteiger charge is -2.23. The summed E-state index contributed by atoms with van der Waals surface area (Å²) < 4.78 is 49.4. The highest BCUT2D eigenvalue weighted by molar-refractivity contribution is 9.10. The zero-order valence-electron chi connectivity index (χ0n) is 14.4. The molecule has 10 heteroatoms. The Morgan fingerprint density at radius 1 is 1.07 bits per heavy atom. The van der Waals surface area contributed by atoms with E-state index in [9.17, 15) is 22.8 Å². The lowest BCUT2D eigenvalue weighted by Crippen LogP contribution is -2.30. The van der Waals surface area contributed by atoms with E-state index < -0.39 is 18.0 Å². The maximum absolute atomic E-state index is 12.6. The minimum atomic E-state index is -5.07. The summed E-state index contributed by atoms with van der Waals surface area (Å²) in [5, 5.41) is 4.34. The molecule has 1 aliphatic heterocycles. The van der Waals surface area contributed by atoms with Crippen LogP contribution in [0.5, 0.6) is 11.5 Å². The molecule has 1 aliphatic rings. The van der Waals surface area contributed by atoms with E-state index in [0.717, 1.165) is 10.0 Å². The summed E-state index contributed by atoms with van der Waals surface area (Å²) in [5.74, 6) is -2.54. The average molecular weight is 459 g/mol. The average Bonchev–Trinajstić information content (AvgIpc) is 2.63. The minimum Gasteiger partial charge on any atom is -0.486 e. The Bertz CT molecular complexity index is 947. The van der Waals surface area contributed by atoms with Gasteiger partial charge in [0.25, 0.3) is 5.91 Å². The maximum atomic E-state index is 12.6. The monoisotopic (exact) mass is 458 g/mol. The number of carbonyl (C=O) groups is 2. The van der Waals surface area contributed by atoms with Gasteiger partial charge in [0.2, 0.25) is 0 Å².